The van der Waals surface area contributed by atoms with Crippen molar-refractivity contribution < 1.29 is 24.0 Å². The smallest absolute Gasteiger partial charge is 0.276 e. The summed E-state index contributed by atoms with van der Waals surface area (Å²) in [7, 11) is 0. The quantitative estimate of drug-likeness (QED) is 0.518. The van der Waals surface area contributed by atoms with E-state index in [0.29, 0.717) is 11.5 Å². The lowest BCUT2D eigenvalue weighted by Crippen LogP contribution is -2.45. The third kappa shape index (κ3) is 6.80. The molecule has 0 saturated heterocycles. The average molecular weight is 401 g/mol. The highest BCUT2D eigenvalue weighted by Gasteiger charge is 2.11. The van der Waals surface area contributed by atoms with Crippen LogP contribution in [0.5, 0.6) is 11.5 Å². The molecule has 2 N–H and O–H groups in total. The number of carbonyl (C=O) groups is 2. The van der Waals surface area contributed by atoms with Gasteiger partial charge in [-0.2, -0.15) is 0 Å². The molecular formula is C20H23N3O6. The Bertz CT molecular complexity index is 880. The summed E-state index contributed by atoms with van der Waals surface area (Å²) in [5, 5.41) is 10.6. The van der Waals surface area contributed by atoms with Crippen LogP contribution >= 0.6 is 0 Å². The van der Waals surface area contributed by atoms with Gasteiger partial charge < -0.3 is 9.47 Å². The number of nitro groups is 1. The topological polar surface area (TPSA) is 120 Å². The first kappa shape index (κ1) is 21.7. The Balaban J connectivity index is 1.75. The standard InChI is InChI=1S/C20H23N3O6/c1-13(2)17-9-4-14(3)10-18(17)29-12-20(25)22-21-19(24)11-28-16-7-5-15(6-8-16)23(26)27/h4-10,13H,11-12H2,1-3H3,(H,21,24)(H,22,25). The number of aryl methyl sites for hydroxylation is 1. The van der Waals surface area contributed by atoms with E-state index in [4.69, 9.17) is 9.47 Å². The number of hydrazine groups is 1. The second-order valence-electron chi connectivity index (χ2n) is 6.62. The summed E-state index contributed by atoms with van der Waals surface area (Å²) < 4.78 is 10.8. The molecule has 0 heterocycles. The van der Waals surface area contributed by atoms with Crippen LogP contribution in [0.4, 0.5) is 5.69 Å². The van der Waals surface area contributed by atoms with E-state index >= 15 is 0 Å². The number of rotatable bonds is 8. The minimum Gasteiger partial charge on any atom is -0.484 e. The van der Waals surface area contributed by atoms with Crippen molar-refractivity contribution in [3.05, 3.63) is 63.7 Å². The summed E-state index contributed by atoms with van der Waals surface area (Å²) in [6.07, 6.45) is 0. The van der Waals surface area contributed by atoms with Gasteiger partial charge in [-0.1, -0.05) is 26.0 Å². The zero-order chi connectivity index (χ0) is 21.4. The minimum absolute atomic E-state index is 0.0803. The van der Waals surface area contributed by atoms with Gasteiger partial charge in [-0.25, -0.2) is 0 Å². The van der Waals surface area contributed by atoms with Gasteiger partial charge in [0, 0.05) is 12.1 Å². The lowest BCUT2D eigenvalue weighted by molar-refractivity contribution is -0.384. The number of nitrogens with one attached hydrogen (secondary N) is 2. The number of non-ortho nitro benzene ring substituents is 1. The van der Waals surface area contributed by atoms with Crippen LogP contribution in [0, 0.1) is 17.0 Å². The summed E-state index contributed by atoms with van der Waals surface area (Å²) in [6.45, 7) is 5.37. The highest BCUT2D eigenvalue weighted by Crippen LogP contribution is 2.27. The lowest BCUT2D eigenvalue weighted by Gasteiger charge is -2.15. The van der Waals surface area contributed by atoms with Gasteiger partial charge in [-0.05, 0) is 42.2 Å². The van der Waals surface area contributed by atoms with E-state index in [0.717, 1.165) is 11.1 Å². The van der Waals surface area contributed by atoms with Crippen molar-refractivity contribution >= 4 is 17.5 Å². The highest BCUT2D eigenvalue weighted by molar-refractivity contribution is 5.83. The van der Waals surface area contributed by atoms with Crippen LogP contribution in [-0.4, -0.2) is 30.0 Å². The predicted molar refractivity (Wildman–Crippen MR) is 106 cm³/mol. The second kappa shape index (κ2) is 10.1. The van der Waals surface area contributed by atoms with E-state index in [1.54, 1.807) is 0 Å². The Morgan fingerprint density at radius 1 is 1.00 bits per heavy atom. The molecule has 0 fully saturated rings. The summed E-state index contributed by atoms with van der Waals surface area (Å²) >= 11 is 0. The molecule has 9 nitrogen and oxygen atoms in total. The molecule has 0 aromatic heterocycles. The molecule has 29 heavy (non-hydrogen) atoms. The molecule has 9 heteroatoms. The number of hydrogen-bond donors (Lipinski definition) is 2. The maximum absolute atomic E-state index is 11.9. The van der Waals surface area contributed by atoms with Crippen molar-refractivity contribution in [2.24, 2.45) is 0 Å². The highest BCUT2D eigenvalue weighted by atomic mass is 16.6. The Morgan fingerprint density at radius 2 is 1.59 bits per heavy atom. The van der Waals surface area contributed by atoms with Crippen LogP contribution in [0.15, 0.2) is 42.5 Å². The summed E-state index contributed by atoms with van der Waals surface area (Å²) in [5.41, 5.74) is 6.38. The van der Waals surface area contributed by atoms with Crippen molar-refractivity contribution in [2.75, 3.05) is 13.2 Å². The molecule has 154 valence electrons. The third-order valence-electron chi connectivity index (χ3n) is 3.91. The van der Waals surface area contributed by atoms with E-state index in [-0.39, 0.29) is 24.8 Å². The molecule has 2 aromatic rings. The van der Waals surface area contributed by atoms with Crippen molar-refractivity contribution in [3.8, 4) is 11.5 Å². The number of ether oxygens (including phenoxy) is 2. The van der Waals surface area contributed by atoms with Crippen LogP contribution in [0.25, 0.3) is 0 Å². The zero-order valence-corrected chi connectivity index (χ0v) is 16.4. The number of nitro benzene ring substituents is 1. The summed E-state index contributed by atoms with van der Waals surface area (Å²) in [6, 6.07) is 11.1. The number of hydrogen-bond acceptors (Lipinski definition) is 6. The predicted octanol–water partition coefficient (Wildman–Crippen LogP) is 2.63. The van der Waals surface area contributed by atoms with Gasteiger partial charge in [0.2, 0.25) is 0 Å². The molecule has 2 aromatic carbocycles. The van der Waals surface area contributed by atoms with Crippen LogP contribution in [-0.2, 0) is 9.59 Å². The van der Waals surface area contributed by atoms with Gasteiger partial charge in [0.25, 0.3) is 17.5 Å². The molecule has 0 unspecified atom stereocenters. The van der Waals surface area contributed by atoms with Gasteiger partial charge >= 0.3 is 0 Å². The molecule has 0 radical (unpaired) electrons. The fourth-order valence-electron chi connectivity index (χ4n) is 2.41. The number of nitrogens with zero attached hydrogens (tertiary/aromatic N) is 1. The van der Waals surface area contributed by atoms with Gasteiger partial charge in [-0.3, -0.25) is 30.6 Å². The number of benzene rings is 2. The van der Waals surface area contributed by atoms with Crippen molar-refractivity contribution in [1.82, 2.24) is 10.9 Å². The Kier molecular flexibility index (Phi) is 7.53. The monoisotopic (exact) mass is 401 g/mol. The molecular weight excluding hydrogens is 378 g/mol. The van der Waals surface area contributed by atoms with Gasteiger partial charge in [0.05, 0.1) is 4.92 Å². The number of carbonyl (C=O) groups excluding carboxylic acids is 2. The molecule has 0 bridgehead atoms. The molecule has 0 aliphatic carbocycles. The van der Waals surface area contributed by atoms with E-state index in [9.17, 15) is 19.7 Å². The first-order chi connectivity index (χ1) is 13.8. The van der Waals surface area contributed by atoms with Gasteiger partial charge in [-0.15, -0.1) is 0 Å². The maximum Gasteiger partial charge on any atom is 0.276 e. The molecule has 0 aliphatic heterocycles. The van der Waals surface area contributed by atoms with Crippen molar-refractivity contribution in [1.29, 1.82) is 0 Å². The van der Waals surface area contributed by atoms with Crippen LogP contribution in [0.2, 0.25) is 0 Å². The lowest BCUT2D eigenvalue weighted by atomic mass is 10.0. The first-order valence-electron chi connectivity index (χ1n) is 8.94. The van der Waals surface area contributed by atoms with E-state index in [1.165, 1.54) is 24.3 Å². The molecule has 0 aliphatic rings. The number of amides is 2. The Labute approximate surface area is 168 Å². The summed E-state index contributed by atoms with van der Waals surface area (Å²) in [5.74, 6) is 0.0500. The SMILES string of the molecule is Cc1ccc(C(C)C)c(OCC(=O)NNC(=O)COc2ccc([N+](=O)[O-])cc2)c1. The fraction of sp³-hybridized carbons (Fsp3) is 0.300. The molecule has 2 rings (SSSR count). The second-order valence-corrected chi connectivity index (χ2v) is 6.62. The van der Waals surface area contributed by atoms with Gasteiger partial charge in [0.15, 0.2) is 13.2 Å². The Morgan fingerprint density at radius 3 is 2.14 bits per heavy atom. The molecule has 0 spiro atoms. The molecule has 2 amide bonds. The van der Waals surface area contributed by atoms with Crippen molar-refractivity contribution in [2.45, 2.75) is 26.7 Å². The van der Waals surface area contributed by atoms with E-state index in [1.807, 2.05) is 39.0 Å². The van der Waals surface area contributed by atoms with E-state index in [2.05, 4.69) is 10.9 Å². The van der Waals surface area contributed by atoms with E-state index < -0.39 is 16.7 Å². The fourth-order valence-corrected chi connectivity index (χ4v) is 2.41. The zero-order valence-electron chi connectivity index (χ0n) is 16.4. The van der Waals surface area contributed by atoms with Crippen molar-refractivity contribution in [3.63, 3.8) is 0 Å². The van der Waals surface area contributed by atoms with Crippen LogP contribution in [0.1, 0.15) is 30.9 Å². The average Bonchev–Trinajstić information content (AvgIpc) is 2.69. The minimum atomic E-state index is -0.588. The van der Waals surface area contributed by atoms with Crippen LogP contribution in [0.3, 0.4) is 0 Å². The first-order valence-corrected chi connectivity index (χ1v) is 8.94. The largest absolute Gasteiger partial charge is 0.484 e. The summed E-state index contributed by atoms with van der Waals surface area (Å²) in [4.78, 5) is 33.7. The molecule has 0 atom stereocenters. The normalized spacial score (nSPS) is 10.3. The van der Waals surface area contributed by atoms with Gasteiger partial charge in [0.1, 0.15) is 11.5 Å². The third-order valence-corrected chi connectivity index (χ3v) is 3.91. The maximum atomic E-state index is 11.9. The molecule has 0 saturated carbocycles. The van der Waals surface area contributed by atoms with Crippen LogP contribution < -0.4 is 20.3 Å². The Hall–Kier alpha value is -3.62.